The van der Waals surface area contributed by atoms with Gasteiger partial charge in [-0.05, 0) is 33.2 Å². The fourth-order valence-electron chi connectivity index (χ4n) is 3.11. The summed E-state index contributed by atoms with van der Waals surface area (Å²) >= 11 is 0. The number of benzene rings is 3. The van der Waals surface area contributed by atoms with Gasteiger partial charge in [-0.1, -0.05) is 48.5 Å². The van der Waals surface area contributed by atoms with Crippen LogP contribution in [-0.2, 0) is 20.7 Å². The van der Waals surface area contributed by atoms with Crippen molar-refractivity contribution in [3.8, 4) is 0 Å². The zero-order valence-electron chi connectivity index (χ0n) is 13.7. The van der Waals surface area contributed by atoms with Crippen LogP contribution in [0.3, 0.4) is 0 Å². The Morgan fingerprint density at radius 1 is 1.00 bits per heavy atom. The quantitative estimate of drug-likeness (QED) is 0.593. The van der Waals surface area contributed by atoms with Gasteiger partial charge in [-0.3, -0.25) is 4.79 Å². The first kappa shape index (κ1) is 16.0. The number of nitrogens with one attached hydrogen (secondary N) is 1. The van der Waals surface area contributed by atoms with Gasteiger partial charge in [0.2, 0.25) is 5.91 Å². The van der Waals surface area contributed by atoms with Crippen molar-refractivity contribution in [1.29, 1.82) is 0 Å². The normalized spacial score (nSPS) is 12.1. The molecule has 3 aromatic carbocycles. The highest BCUT2D eigenvalue weighted by atomic mass is 16.5. The van der Waals surface area contributed by atoms with Crippen molar-refractivity contribution in [2.45, 2.75) is 19.4 Å². The number of fused-ring (bicyclic) bond motifs is 2. The van der Waals surface area contributed by atoms with Crippen molar-refractivity contribution >= 4 is 33.4 Å². The van der Waals surface area contributed by atoms with Crippen LogP contribution in [0.5, 0.6) is 0 Å². The summed E-state index contributed by atoms with van der Waals surface area (Å²) in [4.78, 5) is 23.6. The molecule has 0 radical (unpaired) electrons. The van der Waals surface area contributed by atoms with Crippen molar-refractivity contribution in [3.63, 3.8) is 0 Å². The lowest BCUT2D eigenvalue weighted by Gasteiger charge is -2.18. The summed E-state index contributed by atoms with van der Waals surface area (Å²) in [6.07, 6.45) is 0.383. The van der Waals surface area contributed by atoms with E-state index in [1.54, 1.807) is 0 Å². The fourth-order valence-corrected chi connectivity index (χ4v) is 3.11. The fraction of sp³-hybridized carbons (Fsp3) is 0.200. The van der Waals surface area contributed by atoms with Crippen LogP contribution >= 0.6 is 0 Å². The first-order chi connectivity index (χ1) is 11.6. The first-order valence-electron chi connectivity index (χ1n) is 7.84. The third kappa shape index (κ3) is 3.08. The minimum atomic E-state index is -0.707. The Labute approximate surface area is 140 Å². The van der Waals surface area contributed by atoms with E-state index in [1.807, 2.05) is 36.4 Å². The van der Waals surface area contributed by atoms with Crippen LogP contribution in [0.25, 0.3) is 21.5 Å². The molecule has 1 amide bonds. The molecule has 4 nitrogen and oxygen atoms in total. The summed E-state index contributed by atoms with van der Waals surface area (Å²) in [6, 6.07) is 17.6. The molecule has 0 aliphatic carbocycles. The Morgan fingerprint density at radius 3 is 2.04 bits per heavy atom. The third-order valence-corrected chi connectivity index (χ3v) is 4.15. The van der Waals surface area contributed by atoms with Crippen LogP contribution in [0, 0.1) is 0 Å². The maximum Gasteiger partial charge on any atom is 0.328 e. The highest BCUT2D eigenvalue weighted by molar-refractivity contribution is 6.02. The number of amides is 1. The molecule has 24 heavy (non-hydrogen) atoms. The molecule has 0 aromatic heterocycles. The predicted octanol–water partition coefficient (Wildman–Crippen LogP) is 3.21. The van der Waals surface area contributed by atoms with Gasteiger partial charge in [0.05, 0.1) is 7.11 Å². The molecule has 4 heteroatoms. The van der Waals surface area contributed by atoms with Gasteiger partial charge in [-0.15, -0.1) is 0 Å². The minimum absolute atomic E-state index is 0.255. The summed E-state index contributed by atoms with van der Waals surface area (Å²) in [7, 11) is 1.33. The molecular formula is C20H19NO3. The summed E-state index contributed by atoms with van der Waals surface area (Å²) in [5.41, 5.74) is 1.04. The zero-order valence-corrected chi connectivity index (χ0v) is 13.7. The van der Waals surface area contributed by atoms with Gasteiger partial charge >= 0.3 is 5.97 Å². The Bertz CT molecular complexity index is 863. The Hall–Kier alpha value is -2.88. The van der Waals surface area contributed by atoms with Crippen molar-refractivity contribution in [3.05, 3.63) is 60.2 Å². The second kappa shape index (κ2) is 6.71. The first-order valence-corrected chi connectivity index (χ1v) is 7.84. The predicted molar refractivity (Wildman–Crippen MR) is 94.8 cm³/mol. The Kier molecular flexibility index (Phi) is 4.47. The monoisotopic (exact) mass is 321 g/mol. The van der Waals surface area contributed by atoms with Gasteiger partial charge in [-0.2, -0.15) is 0 Å². The molecule has 122 valence electrons. The molecular weight excluding hydrogens is 302 g/mol. The third-order valence-electron chi connectivity index (χ3n) is 4.15. The maximum atomic E-state index is 12.1. The molecule has 0 fully saturated rings. The molecule has 0 aliphatic rings. The van der Waals surface area contributed by atoms with E-state index in [2.05, 4.69) is 23.5 Å². The van der Waals surface area contributed by atoms with Gasteiger partial charge in [0.1, 0.15) is 6.04 Å². The number of ether oxygens (including phenoxy) is 1. The standard InChI is InChI=1S/C20H19NO3/c1-13(22)21-19(20(23)24-2)12-18-16-9-5-3-7-14(16)11-15-8-4-6-10-17(15)18/h3-11,19H,12H2,1-2H3,(H,21,22)/t19-/m1/s1. The van der Waals surface area contributed by atoms with E-state index in [1.165, 1.54) is 14.0 Å². The largest absolute Gasteiger partial charge is 0.467 e. The second-order valence-electron chi connectivity index (χ2n) is 5.78. The van der Waals surface area contributed by atoms with Gasteiger partial charge in [-0.25, -0.2) is 4.79 Å². The van der Waals surface area contributed by atoms with Gasteiger partial charge in [0.25, 0.3) is 0 Å². The Morgan fingerprint density at radius 2 is 1.54 bits per heavy atom. The average molecular weight is 321 g/mol. The molecule has 1 atom stereocenters. The molecule has 0 saturated heterocycles. The van der Waals surface area contributed by atoms with Crippen molar-refractivity contribution in [1.82, 2.24) is 5.32 Å². The average Bonchev–Trinajstić information content (AvgIpc) is 2.59. The van der Waals surface area contributed by atoms with Crippen LogP contribution < -0.4 is 5.32 Å². The van der Waals surface area contributed by atoms with Gasteiger partial charge < -0.3 is 10.1 Å². The number of carbonyl (C=O) groups is 2. The number of methoxy groups -OCH3 is 1. The van der Waals surface area contributed by atoms with Crippen LogP contribution in [0.15, 0.2) is 54.6 Å². The number of esters is 1. The van der Waals surface area contributed by atoms with E-state index in [9.17, 15) is 9.59 Å². The summed E-state index contributed by atoms with van der Waals surface area (Å²) in [5.74, 6) is -0.697. The van der Waals surface area contributed by atoms with Gasteiger partial charge in [0.15, 0.2) is 0 Å². The topological polar surface area (TPSA) is 55.4 Å². The van der Waals surface area contributed by atoms with E-state index in [0.29, 0.717) is 6.42 Å². The Balaban J connectivity index is 2.17. The molecule has 1 N–H and O–H groups in total. The summed E-state index contributed by atoms with van der Waals surface area (Å²) in [6.45, 7) is 1.40. The molecule has 0 heterocycles. The molecule has 3 rings (SSSR count). The molecule has 0 spiro atoms. The van der Waals surface area contributed by atoms with E-state index in [-0.39, 0.29) is 5.91 Å². The van der Waals surface area contributed by atoms with Crippen molar-refractivity contribution < 1.29 is 14.3 Å². The molecule has 3 aromatic rings. The van der Waals surface area contributed by atoms with E-state index in [0.717, 1.165) is 27.1 Å². The van der Waals surface area contributed by atoms with Crippen molar-refractivity contribution in [2.24, 2.45) is 0 Å². The summed E-state index contributed by atoms with van der Waals surface area (Å²) in [5, 5.41) is 7.07. The van der Waals surface area contributed by atoms with E-state index in [4.69, 9.17) is 4.74 Å². The zero-order chi connectivity index (χ0) is 17.1. The summed E-state index contributed by atoms with van der Waals surface area (Å²) < 4.78 is 4.86. The number of hydrogen-bond acceptors (Lipinski definition) is 3. The molecule has 0 saturated carbocycles. The number of hydrogen-bond donors (Lipinski definition) is 1. The van der Waals surface area contributed by atoms with Crippen molar-refractivity contribution in [2.75, 3.05) is 7.11 Å². The highest BCUT2D eigenvalue weighted by Gasteiger charge is 2.22. The highest BCUT2D eigenvalue weighted by Crippen LogP contribution is 2.29. The lowest BCUT2D eigenvalue weighted by Crippen LogP contribution is -2.42. The SMILES string of the molecule is COC(=O)[C@@H](Cc1c2ccccc2cc2ccccc12)NC(C)=O. The van der Waals surface area contributed by atoms with Crippen LogP contribution in [0.4, 0.5) is 0 Å². The second-order valence-corrected chi connectivity index (χ2v) is 5.78. The maximum absolute atomic E-state index is 12.1. The van der Waals surface area contributed by atoms with E-state index >= 15 is 0 Å². The van der Waals surface area contributed by atoms with Crippen LogP contribution in [0.2, 0.25) is 0 Å². The van der Waals surface area contributed by atoms with Gasteiger partial charge in [0, 0.05) is 13.3 Å². The lowest BCUT2D eigenvalue weighted by molar-refractivity contribution is -0.144. The van der Waals surface area contributed by atoms with Crippen LogP contribution in [-0.4, -0.2) is 25.0 Å². The lowest BCUT2D eigenvalue weighted by atomic mass is 9.92. The minimum Gasteiger partial charge on any atom is -0.467 e. The molecule has 0 aliphatic heterocycles. The number of carbonyl (C=O) groups excluding carboxylic acids is 2. The smallest absolute Gasteiger partial charge is 0.328 e. The van der Waals surface area contributed by atoms with E-state index < -0.39 is 12.0 Å². The molecule has 0 bridgehead atoms. The number of rotatable bonds is 4. The van der Waals surface area contributed by atoms with Crippen LogP contribution in [0.1, 0.15) is 12.5 Å². The molecule has 0 unspecified atom stereocenters.